The predicted octanol–water partition coefficient (Wildman–Crippen LogP) is 6.89. The van der Waals surface area contributed by atoms with Crippen LogP contribution in [-0.2, 0) is 11.2 Å². The molecular formula is C22H34Cl2O2. The summed E-state index contributed by atoms with van der Waals surface area (Å²) < 4.78 is 6.16. The van der Waals surface area contributed by atoms with Crippen LogP contribution in [0.1, 0.15) is 72.3 Å². The lowest BCUT2D eigenvalue weighted by atomic mass is 9.71. The van der Waals surface area contributed by atoms with Gasteiger partial charge in [-0.25, -0.2) is 0 Å². The lowest BCUT2D eigenvalue weighted by Crippen LogP contribution is -2.45. The molecule has 0 bridgehead atoms. The number of halogens is 2. The molecule has 1 aromatic carbocycles. The fourth-order valence-corrected chi connectivity index (χ4v) is 4.13. The normalized spacial score (nSPS) is 20.3. The smallest absolute Gasteiger partial charge is 0.158 e. The molecule has 1 aromatic rings. The second-order valence-electron chi connectivity index (χ2n) is 8.78. The minimum absolute atomic E-state index is 0.0127. The Balaban J connectivity index is 1.99. The van der Waals surface area contributed by atoms with Gasteiger partial charge in [-0.1, -0.05) is 62.9 Å². The van der Waals surface area contributed by atoms with Crippen molar-refractivity contribution in [1.82, 2.24) is 0 Å². The van der Waals surface area contributed by atoms with E-state index in [1.165, 1.54) is 24.8 Å². The molecule has 1 aliphatic rings. The van der Waals surface area contributed by atoms with Crippen LogP contribution in [0.4, 0.5) is 0 Å². The van der Waals surface area contributed by atoms with Gasteiger partial charge < -0.3 is 9.84 Å². The lowest BCUT2D eigenvalue weighted by molar-refractivity contribution is -0.235. The van der Waals surface area contributed by atoms with E-state index in [0.717, 1.165) is 19.3 Å². The van der Waals surface area contributed by atoms with Crippen LogP contribution in [0.25, 0.3) is 0 Å². The van der Waals surface area contributed by atoms with E-state index < -0.39 is 6.29 Å². The third-order valence-corrected chi connectivity index (χ3v) is 7.56. The summed E-state index contributed by atoms with van der Waals surface area (Å²) in [5.41, 5.74) is 0.905. The van der Waals surface area contributed by atoms with E-state index in [0.29, 0.717) is 16.0 Å². The highest BCUT2D eigenvalue weighted by Crippen LogP contribution is 2.43. The van der Waals surface area contributed by atoms with Crippen molar-refractivity contribution in [2.45, 2.75) is 85.0 Å². The Morgan fingerprint density at radius 1 is 1.19 bits per heavy atom. The van der Waals surface area contributed by atoms with E-state index in [1.807, 2.05) is 18.2 Å². The number of aryl methyl sites for hydroxylation is 1. The van der Waals surface area contributed by atoms with Crippen molar-refractivity contribution in [2.75, 3.05) is 0 Å². The van der Waals surface area contributed by atoms with Crippen LogP contribution in [0, 0.1) is 17.3 Å². The van der Waals surface area contributed by atoms with Crippen molar-refractivity contribution in [3.63, 3.8) is 0 Å². The summed E-state index contributed by atoms with van der Waals surface area (Å²) in [5.74, 6) is 0.614. The zero-order chi connectivity index (χ0) is 19.5. The molecule has 0 saturated heterocycles. The molecule has 0 radical (unpaired) electrons. The first-order valence-corrected chi connectivity index (χ1v) is 10.6. The van der Waals surface area contributed by atoms with E-state index in [1.54, 1.807) is 0 Å². The topological polar surface area (TPSA) is 29.5 Å². The van der Waals surface area contributed by atoms with Crippen molar-refractivity contribution in [3.05, 3.63) is 33.8 Å². The largest absolute Gasteiger partial charge is 0.368 e. The number of hydrogen-bond acceptors (Lipinski definition) is 2. The van der Waals surface area contributed by atoms with Gasteiger partial charge in [-0.05, 0) is 68.6 Å². The summed E-state index contributed by atoms with van der Waals surface area (Å²) in [4.78, 5) is 0. The van der Waals surface area contributed by atoms with Gasteiger partial charge in [0, 0.05) is 5.92 Å². The Bertz CT molecular complexity index is 598. The Hall–Kier alpha value is -0.280. The summed E-state index contributed by atoms with van der Waals surface area (Å²) in [6.07, 6.45) is 5.80. The van der Waals surface area contributed by atoms with Crippen LogP contribution in [0.2, 0.25) is 10.0 Å². The molecule has 0 amide bonds. The van der Waals surface area contributed by atoms with Crippen molar-refractivity contribution >= 4 is 23.2 Å². The molecule has 3 atom stereocenters. The first-order chi connectivity index (χ1) is 12.1. The molecule has 0 heterocycles. The molecule has 1 N–H and O–H groups in total. The highest BCUT2D eigenvalue weighted by atomic mass is 35.5. The van der Waals surface area contributed by atoms with Gasteiger partial charge >= 0.3 is 0 Å². The molecule has 2 nitrogen and oxygen atoms in total. The van der Waals surface area contributed by atoms with Gasteiger partial charge in [-0.2, -0.15) is 0 Å². The van der Waals surface area contributed by atoms with Crippen LogP contribution in [0.15, 0.2) is 18.2 Å². The summed E-state index contributed by atoms with van der Waals surface area (Å²) >= 11 is 12.2. The van der Waals surface area contributed by atoms with Crippen LogP contribution >= 0.6 is 23.2 Å². The average molecular weight is 401 g/mol. The van der Waals surface area contributed by atoms with Crippen LogP contribution < -0.4 is 0 Å². The maximum Gasteiger partial charge on any atom is 0.158 e. The molecule has 1 saturated carbocycles. The molecule has 26 heavy (non-hydrogen) atoms. The lowest BCUT2D eigenvalue weighted by Gasteiger charge is -2.45. The second-order valence-corrected chi connectivity index (χ2v) is 9.60. The standard InChI is InChI=1S/C22H34Cl2O2/c1-6-22(5,13-12-16-10-11-18(23)19(24)14-16)15(2)20(25)26-21(3,4)17-8-7-9-17/h10-11,14-15,17,20,25H,6-9,12-13H2,1-5H3/t15?,20?,22-/m1/s1. The minimum Gasteiger partial charge on any atom is -0.368 e. The Morgan fingerprint density at radius 2 is 1.85 bits per heavy atom. The fourth-order valence-electron chi connectivity index (χ4n) is 3.81. The zero-order valence-corrected chi connectivity index (χ0v) is 18.3. The Labute approximate surface area is 169 Å². The number of hydrogen-bond donors (Lipinski definition) is 1. The number of ether oxygens (including phenoxy) is 1. The van der Waals surface area contributed by atoms with Crippen molar-refractivity contribution in [1.29, 1.82) is 0 Å². The fraction of sp³-hybridized carbons (Fsp3) is 0.727. The first-order valence-electron chi connectivity index (χ1n) is 9.89. The molecule has 0 spiro atoms. The molecule has 148 valence electrons. The van der Waals surface area contributed by atoms with E-state index in [-0.39, 0.29) is 16.9 Å². The van der Waals surface area contributed by atoms with E-state index in [2.05, 4.69) is 34.6 Å². The van der Waals surface area contributed by atoms with Crippen molar-refractivity contribution in [2.24, 2.45) is 17.3 Å². The summed E-state index contributed by atoms with van der Waals surface area (Å²) in [5, 5.41) is 12.0. The Kier molecular flexibility index (Phi) is 7.46. The molecule has 1 fully saturated rings. The van der Waals surface area contributed by atoms with Crippen LogP contribution in [0.5, 0.6) is 0 Å². The molecule has 2 rings (SSSR count). The number of aliphatic hydroxyl groups excluding tert-OH is 1. The SMILES string of the molecule is CC[C@](C)(CCc1ccc(Cl)c(Cl)c1)C(C)C(O)OC(C)(C)C1CCC1. The number of rotatable bonds is 9. The molecule has 0 aromatic heterocycles. The molecule has 0 aliphatic heterocycles. The molecule has 1 aliphatic carbocycles. The monoisotopic (exact) mass is 400 g/mol. The Morgan fingerprint density at radius 3 is 2.35 bits per heavy atom. The van der Waals surface area contributed by atoms with E-state index in [4.69, 9.17) is 27.9 Å². The second kappa shape index (κ2) is 8.82. The summed E-state index contributed by atoms with van der Waals surface area (Å²) in [7, 11) is 0. The molecular weight excluding hydrogens is 367 g/mol. The quantitative estimate of drug-likeness (QED) is 0.457. The third kappa shape index (κ3) is 5.16. The van der Waals surface area contributed by atoms with Gasteiger partial charge in [0.1, 0.15) is 0 Å². The maximum atomic E-state index is 10.8. The van der Waals surface area contributed by atoms with Crippen LogP contribution in [0.3, 0.4) is 0 Å². The molecule has 4 heteroatoms. The van der Waals surface area contributed by atoms with Gasteiger partial charge in [0.25, 0.3) is 0 Å². The number of aliphatic hydroxyl groups is 1. The van der Waals surface area contributed by atoms with Crippen molar-refractivity contribution < 1.29 is 9.84 Å². The van der Waals surface area contributed by atoms with Gasteiger partial charge in [-0.3, -0.25) is 0 Å². The van der Waals surface area contributed by atoms with E-state index in [9.17, 15) is 5.11 Å². The summed E-state index contributed by atoms with van der Waals surface area (Å²) in [6.45, 7) is 10.8. The average Bonchev–Trinajstić information content (AvgIpc) is 2.52. The van der Waals surface area contributed by atoms with Gasteiger partial charge in [0.2, 0.25) is 0 Å². The number of benzene rings is 1. The van der Waals surface area contributed by atoms with Gasteiger partial charge in [-0.15, -0.1) is 0 Å². The van der Waals surface area contributed by atoms with Crippen molar-refractivity contribution in [3.8, 4) is 0 Å². The zero-order valence-electron chi connectivity index (χ0n) is 16.8. The van der Waals surface area contributed by atoms with Gasteiger partial charge in [0.05, 0.1) is 15.6 Å². The third-order valence-electron chi connectivity index (χ3n) is 6.82. The van der Waals surface area contributed by atoms with Gasteiger partial charge in [0.15, 0.2) is 6.29 Å². The highest BCUT2D eigenvalue weighted by molar-refractivity contribution is 6.42. The molecule has 2 unspecified atom stereocenters. The highest BCUT2D eigenvalue weighted by Gasteiger charge is 2.41. The van der Waals surface area contributed by atoms with E-state index >= 15 is 0 Å². The van der Waals surface area contributed by atoms with Crippen LogP contribution in [-0.4, -0.2) is 17.0 Å². The first kappa shape index (κ1) is 22.0. The minimum atomic E-state index is -0.746. The summed E-state index contributed by atoms with van der Waals surface area (Å²) in [6, 6.07) is 5.82. The maximum absolute atomic E-state index is 10.8. The predicted molar refractivity (Wildman–Crippen MR) is 111 cm³/mol.